The van der Waals surface area contributed by atoms with Crippen LogP contribution in [0.25, 0.3) is 10.8 Å². The molecule has 0 saturated carbocycles. The summed E-state index contributed by atoms with van der Waals surface area (Å²) in [5.74, 6) is -0.0245. The second kappa shape index (κ2) is 9.72. The Balaban J connectivity index is 0.00000512. The van der Waals surface area contributed by atoms with Crippen LogP contribution in [0, 0.1) is 0 Å². The van der Waals surface area contributed by atoms with Crippen molar-refractivity contribution in [2.24, 2.45) is 0 Å². The molecule has 1 atom stereocenters. The predicted molar refractivity (Wildman–Crippen MR) is 88.9 cm³/mol. The van der Waals surface area contributed by atoms with E-state index >= 15 is 0 Å². The molecule has 0 heterocycles. The van der Waals surface area contributed by atoms with Crippen molar-refractivity contribution in [1.82, 2.24) is 5.32 Å². The molecule has 2 aromatic rings. The molecule has 1 unspecified atom stereocenters. The smallest absolute Gasteiger partial charge is 0.716 e. The van der Waals surface area contributed by atoms with Crippen LogP contribution in [0.1, 0.15) is 23.3 Å². The average Bonchev–Trinajstić information content (AvgIpc) is 2.62. The summed E-state index contributed by atoms with van der Waals surface area (Å²) in [4.78, 5) is 0. The quantitative estimate of drug-likeness (QED) is 0.321. The van der Waals surface area contributed by atoms with Crippen LogP contribution in [0.3, 0.4) is 0 Å². The summed E-state index contributed by atoms with van der Waals surface area (Å²) in [5, 5.41) is 12.8. The van der Waals surface area contributed by atoms with Crippen molar-refractivity contribution in [2.45, 2.75) is 25.8 Å². The largest absolute Gasteiger partial charge is 1.00 e. The summed E-state index contributed by atoms with van der Waals surface area (Å²) in [6, 6.07) is 5.74. The van der Waals surface area contributed by atoms with E-state index in [1.165, 1.54) is 18.2 Å². The summed E-state index contributed by atoms with van der Waals surface area (Å²) < 4.78 is 94.4. The summed E-state index contributed by atoms with van der Waals surface area (Å²) in [5.41, 5.74) is 0. The zero-order chi connectivity index (χ0) is 23.7. The first kappa shape index (κ1) is 13.3. The molecule has 2 rings (SSSR count). The third kappa shape index (κ3) is 7.10. The molecule has 132 valence electrons. The van der Waals surface area contributed by atoms with Gasteiger partial charge in [-0.2, -0.15) is 0 Å². The van der Waals surface area contributed by atoms with Crippen LogP contribution in [-0.4, -0.2) is 43.4 Å². The van der Waals surface area contributed by atoms with E-state index in [2.05, 4.69) is 9.50 Å². The summed E-state index contributed by atoms with van der Waals surface area (Å²) in [6.07, 6.45) is -1.38. The number of hydrogen-bond acceptors (Lipinski definition) is 7. The molecule has 9 heteroatoms. The van der Waals surface area contributed by atoms with Crippen molar-refractivity contribution in [3.05, 3.63) is 36.4 Å². The van der Waals surface area contributed by atoms with Gasteiger partial charge in [-0.3, -0.25) is 0 Å². The Morgan fingerprint density at radius 1 is 1.24 bits per heavy atom. The molecule has 2 N–H and O–H groups in total. The zero-order valence-corrected chi connectivity index (χ0v) is 16.2. The molecule has 0 fully saturated rings. The molecule has 2 aromatic carbocycles. The summed E-state index contributed by atoms with van der Waals surface area (Å²) in [7, 11) is -5.00. The molecule has 0 spiro atoms. The van der Waals surface area contributed by atoms with Crippen LogP contribution < -0.4 is 43.8 Å². The van der Waals surface area contributed by atoms with Crippen LogP contribution in [-0.2, 0) is 10.4 Å². The number of aliphatic hydroxyl groups is 1. The predicted octanol–water partition coefficient (Wildman–Crippen LogP) is -1.58. The molecular weight excluding hydrogens is 357 g/mol. The average molecular weight is 384 g/mol. The van der Waals surface area contributed by atoms with Crippen molar-refractivity contribution in [2.75, 3.05) is 13.2 Å². The van der Waals surface area contributed by atoms with Gasteiger partial charge in [-0.15, -0.1) is 0 Å². The number of hydrogen-bond donors (Lipinski definition) is 2. The van der Waals surface area contributed by atoms with Gasteiger partial charge in [-0.1, -0.05) is 38.0 Å². The molecular formula is C16H20NNaO6S. The Morgan fingerprint density at radius 2 is 1.84 bits per heavy atom. The van der Waals surface area contributed by atoms with Gasteiger partial charge in [-0.25, -0.2) is 8.42 Å². The van der Waals surface area contributed by atoms with Crippen molar-refractivity contribution < 1.29 is 66.1 Å². The van der Waals surface area contributed by atoms with Crippen LogP contribution in [0.5, 0.6) is 11.5 Å². The van der Waals surface area contributed by atoms with Crippen LogP contribution in [0.4, 0.5) is 0 Å². The second-order valence-electron chi connectivity index (χ2n) is 4.82. The normalized spacial score (nSPS) is 18.2. The topological polar surface area (TPSA) is 108 Å². The van der Waals surface area contributed by atoms with E-state index in [0.717, 1.165) is 0 Å². The molecule has 0 aliphatic heterocycles. The van der Waals surface area contributed by atoms with Gasteiger partial charge < -0.3 is 23.9 Å². The van der Waals surface area contributed by atoms with Crippen LogP contribution in [0.2, 0.25) is 0 Å². The monoisotopic (exact) mass is 384 g/mol. The maximum absolute atomic E-state index is 10.9. The number of ether oxygens (including phenoxy) is 1. The molecule has 0 saturated heterocycles. The molecule has 7 nitrogen and oxygen atoms in total. The van der Waals surface area contributed by atoms with Gasteiger partial charge in [0.15, 0.2) is 0 Å². The minimum Gasteiger partial charge on any atom is -0.716 e. The number of aliphatic hydroxyl groups excluding tert-OH is 1. The van der Waals surface area contributed by atoms with Gasteiger partial charge in [0, 0.05) is 32.9 Å². The number of rotatable bonds is 8. The Hall–Kier alpha value is -0.870. The fourth-order valence-electron chi connectivity index (χ4n) is 2.02. The van der Waals surface area contributed by atoms with E-state index < -0.39 is 49.4 Å². The van der Waals surface area contributed by atoms with Crippen molar-refractivity contribution >= 4 is 21.2 Å². The van der Waals surface area contributed by atoms with Crippen molar-refractivity contribution in [1.29, 1.82) is 0 Å². The van der Waals surface area contributed by atoms with Gasteiger partial charge in [0.2, 0.25) is 0 Å². The molecule has 0 aromatic heterocycles. The van der Waals surface area contributed by atoms with Gasteiger partial charge in [0.25, 0.3) is 10.4 Å². The Morgan fingerprint density at radius 3 is 2.44 bits per heavy atom. The maximum Gasteiger partial charge on any atom is 1.00 e. The summed E-state index contributed by atoms with van der Waals surface area (Å²) >= 11 is 0. The minimum atomic E-state index is -5.00. The third-order valence-corrected chi connectivity index (χ3v) is 3.37. The number of benzene rings is 2. The van der Waals surface area contributed by atoms with Gasteiger partial charge in [0.05, 0.1) is 0 Å². The first-order valence-electron chi connectivity index (χ1n) is 10.3. The second-order valence-corrected chi connectivity index (χ2v) is 5.80. The van der Waals surface area contributed by atoms with Crippen molar-refractivity contribution in [3.63, 3.8) is 0 Å². The van der Waals surface area contributed by atoms with Crippen LogP contribution >= 0.6 is 0 Å². The Labute approximate surface area is 179 Å². The van der Waals surface area contributed by atoms with E-state index in [-0.39, 0.29) is 46.4 Å². The fraction of sp³-hybridized carbons (Fsp3) is 0.375. The van der Waals surface area contributed by atoms with Gasteiger partial charge in [0.1, 0.15) is 24.2 Å². The SMILES string of the molecule is [2H]C([2H])([2H])C([2H])(NCC(O)COc1ccc(OS(=O)(=O)[O-])c2ccccc12)C([2H])([2H])[2H].[Na+]. The number of fused-ring (bicyclic) bond motifs is 1. The summed E-state index contributed by atoms with van der Waals surface area (Å²) in [6.45, 7) is -7.34. The van der Waals surface area contributed by atoms with E-state index in [1.807, 2.05) is 0 Å². The van der Waals surface area contributed by atoms with Crippen LogP contribution in [0.15, 0.2) is 36.4 Å². The van der Waals surface area contributed by atoms with Gasteiger partial charge >= 0.3 is 29.6 Å². The fourth-order valence-corrected chi connectivity index (χ4v) is 2.38. The molecule has 0 aliphatic rings. The Bertz CT molecular complexity index is 1020. The molecule has 0 aliphatic carbocycles. The minimum absolute atomic E-state index is 0. The third-order valence-electron chi connectivity index (χ3n) is 2.98. The standard InChI is InChI=1S/C16H21NO6S.Na/c1-11(2)17-9-12(18)10-22-15-7-8-16(23-24(19,20)21)14-6-4-3-5-13(14)15;/h3-8,11-12,17-18H,9-10H2,1-2H3,(H,19,20,21);/q;+1/p-1/i1D3,2D3,11D;. The molecule has 0 bridgehead atoms. The molecule has 0 radical (unpaired) electrons. The van der Waals surface area contributed by atoms with Crippen molar-refractivity contribution in [3.8, 4) is 11.5 Å². The van der Waals surface area contributed by atoms with Gasteiger partial charge in [-0.05, 0) is 12.1 Å². The first-order chi connectivity index (χ1) is 14.1. The Kier molecular flexibility index (Phi) is 5.18. The molecule has 0 amide bonds. The zero-order valence-electron chi connectivity index (χ0n) is 20.4. The van der Waals surface area contributed by atoms with E-state index in [0.29, 0.717) is 5.39 Å². The number of nitrogens with one attached hydrogen (secondary N) is 1. The maximum atomic E-state index is 10.9. The molecule has 25 heavy (non-hydrogen) atoms. The first-order valence-corrected chi connectivity index (χ1v) is 8.11. The van der Waals surface area contributed by atoms with E-state index in [9.17, 15) is 18.1 Å². The van der Waals surface area contributed by atoms with E-state index in [4.69, 9.17) is 14.3 Å². The van der Waals surface area contributed by atoms with E-state index in [1.54, 1.807) is 18.2 Å².